The molecule has 0 radical (unpaired) electrons. The van der Waals surface area contributed by atoms with Gasteiger partial charge in [-0.2, -0.15) is 0 Å². The largest absolute Gasteiger partial charge is 0.390 e. The zero-order valence-electron chi connectivity index (χ0n) is 13.6. The maximum absolute atomic E-state index is 14.7. The van der Waals surface area contributed by atoms with E-state index in [0.717, 1.165) is 19.1 Å². The van der Waals surface area contributed by atoms with E-state index >= 15 is 0 Å². The molecule has 0 bridgehead atoms. The number of alkyl halides is 3. The quantitative estimate of drug-likeness (QED) is 0.626. The molecule has 2 unspecified atom stereocenters. The molecule has 2 atom stereocenters. The van der Waals surface area contributed by atoms with Crippen LogP contribution in [-0.2, 0) is 10.2 Å². The normalized spacial score (nSPS) is 15.2. The molecule has 0 aliphatic rings. The molecule has 0 fully saturated rings. The summed E-state index contributed by atoms with van der Waals surface area (Å²) in [6, 6.07) is 11.6. The standard InChI is InChI=1S/C18H16BrClF3NO2/c1-17(18(22,23)10-25,13-9-11(19)7-8-14(13)21)15(20)16(26)24-12-5-3-2-4-6-12/h2-9,15,25H,10H2,1H3,(H,24,26). The van der Waals surface area contributed by atoms with Crippen molar-refractivity contribution >= 4 is 39.1 Å². The number of carbonyl (C=O) groups is 1. The Bertz CT molecular complexity index is 791. The molecular formula is C18H16BrClF3NO2. The number of aliphatic hydroxyl groups excluding tert-OH is 1. The van der Waals surface area contributed by atoms with E-state index in [9.17, 15) is 23.1 Å². The van der Waals surface area contributed by atoms with Crippen molar-refractivity contribution in [2.24, 2.45) is 0 Å². The van der Waals surface area contributed by atoms with Crippen molar-refractivity contribution in [1.29, 1.82) is 0 Å². The van der Waals surface area contributed by atoms with Crippen LogP contribution >= 0.6 is 27.5 Å². The third kappa shape index (κ3) is 3.89. The van der Waals surface area contributed by atoms with Gasteiger partial charge in [-0.15, -0.1) is 11.6 Å². The molecule has 2 rings (SSSR count). The molecule has 140 valence electrons. The Labute approximate surface area is 162 Å². The van der Waals surface area contributed by atoms with E-state index in [1.54, 1.807) is 30.3 Å². The average molecular weight is 451 g/mol. The highest BCUT2D eigenvalue weighted by Crippen LogP contribution is 2.46. The number of aliphatic hydroxyl groups is 1. The predicted molar refractivity (Wildman–Crippen MR) is 98.2 cm³/mol. The molecule has 26 heavy (non-hydrogen) atoms. The summed E-state index contributed by atoms with van der Waals surface area (Å²) in [4.78, 5) is 12.5. The molecule has 0 aromatic heterocycles. The first-order chi connectivity index (χ1) is 12.1. The molecule has 8 heteroatoms. The number of nitrogens with one attached hydrogen (secondary N) is 1. The summed E-state index contributed by atoms with van der Waals surface area (Å²) in [6.07, 6.45) is 0. The van der Waals surface area contributed by atoms with E-state index in [1.165, 1.54) is 6.07 Å². The van der Waals surface area contributed by atoms with Crippen LogP contribution in [0, 0.1) is 5.82 Å². The maximum Gasteiger partial charge on any atom is 0.281 e. The highest BCUT2D eigenvalue weighted by Gasteiger charge is 2.58. The monoisotopic (exact) mass is 449 g/mol. The Morgan fingerprint density at radius 1 is 1.27 bits per heavy atom. The number of hydrogen-bond acceptors (Lipinski definition) is 2. The van der Waals surface area contributed by atoms with Crippen molar-refractivity contribution < 1.29 is 23.1 Å². The first kappa shape index (κ1) is 20.7. The first-order valence-corrected chi connectivity index (χ1v) is 8.80. The highest BCUT2D eigenvalue weighted by molar-refractivity contribution is 9.10. The zero-order valence-corrected chi connectivity index (χ0v) is 16.0. The maximum atomic E-state index is 14.7. The fourth-order valence-corrected chi connectivity index (χ4v) is 3.26. The molecule has 0 aliphatic carbocycles. The molecular weight excluding hydrogens is 435 g/mol. The lowest BCUT2D eigenvalue weighted by atomic mass is 9.73. The lowest BCUT2D eigenvalue weighted by molar-refractivity contribution is -0.131. The SMILES string of the molecule is CC(c1cc(Br)ccc1F)(C(Cl)C(=O)Nc1ccccc1)C(F)(F)CO. The van der Waals surface area contributed by atoms with Crippen LogP contribution in [0.2, 0.25) is 0 Å². The van der Waals surface area contributed by atoms with E-state index in [-0.39, 0.29) is 0 Å². The van der Waals surface area contributed by atoms with Gasteiger partial charge in [0.05, 0.1) is 5.41 Å². The smallest absolute Gasteiger partial charge is 0.281 e. The topological polar surface area (TPSA) is 49.3 Å². The van der Waals surface area contributed by atoms with E-state index in [0.29, 0.717) is 10.2 Å². The Morgan fingerprint density at radius 3 is 2.46 bits per heavy atom. The van der Waals surface area contributed by atoms with E-state index in [2.05, 4.69) is 21.2 Å². The van der Waals surface area contributed by atoms with Crippen LogP contribution in [0.3, 0.4) is 0 Å². The molecule has 0 saturated carbocycles. The number of halogens is 5. The number of hydrogen-bond donors (Lipinski definition) is 2. The Hall–Kier alpha value is -1.57. The van der Waals surface area contributed by atoms with E-state index < -0.39 is 40.6 Å². The second kappa shape index (κ2) is 7.98. The third-order valence-corrected chi connectivity index (χ3v) is 5.35. The summed E-state index contributed by atoms with van der Waals surface area (Å²) >= 11 is 9.23. The predicted octanol–water partition coefficient (Wildman–Crippen LogP) is 4.72. The van der Waals surface area contributed by atoms with Crippen molar-refractivity contribution in [1.82, 2.24) is 0 Å². The van der Waals surface area contributed by atoms with Crippen LogP contribution in [-0.4, -0.2) is 28.9 Å². The van der Waals surface area contributed by atoms with Gasteiger partial charge in [-0.1, -0.05) is 34.1 Å². The average Bonchev–Trinajstić information content (AvgIpc) is 2.63. The van der Waals surface area contributed by atoms with Gasteiger partial charge in [0.15, 0.2) is 0 Å². The van der Waals surface area contributed by atoms with Crippen LogP contribution in [0.5, 0.6) is 0 Å². The number of anilines is 1. The fraction of sp³-hybridized carbons (Fsp3) is 0.278. The second-order valence-corrected chi connectivity index (χ2v) is 7.26. The minimum atomic E-state index is -3.87. The van der Waals surface area contributed by atoms with Crippen molar-refractivity contribution in [2.75, 3.05) is 11.9 Å². The van der Waals surface area contributed by atoms with E-state index in [4.69, 9.17) is 11.6 Å². The van der Waals surface area contributed by atoms with Gasteiger partial charge in [0.1, 0.15) is 17.8 Å². The third-order valence-electron chi connectivity index (χ3n) is 4.22. The minimum absolute atomic E-state index is 0.334. The summed E-state index contributed by atoms with van der Waals surface area (Å²) in [5.74, 6) is -5.76. The fourth-order valence-electron chi connectivity index (χ4n) is 2.57. The van der Waals surface area contributed by atoms with Crippen molar-refractivity contribution in [3.05, 3.63) is 64.4 Å². The Balaban J connectivity index is 2.50. The summed E-state index contributed by atoms with van der Waals surface area (Å²) in [5, 5.41) is 9.76. The molecule has 0 heterocycles. The van der Waals surface area contributed by atoms with Gasteiger partial charge in [-0.25, -0.2) is 13.2 Å². The van der Waals surface area contributed by atoms with Crippen molar-refractivity contribution in [2.45, 2.75) is 23.6 Å². The number of rotatable bonds is 6. The summed E-state index contributed by atoms with van der Waals surface area (Å²) in [5.41, 5.74) is -2.63. The molecule has 2 aromatic carbocycles. The number of benzene rings is 2. The lowest BCUT2D eigenvalue weighted by Gasteiger charge is -2.39. The number of amides is 1. The van der Waals surface area contributed by atoms with E-state index in [1.807, 2.05) is 0 Å². The van der Waals surface area contributed by atoms with Crippen molar-refractivity contribution in [3.63, 3.8) is 0 Å². The van der Waals surface area contributed by atoms with Gasteiger partial charge in [0, 0.05) is 15.7 Å². The Kier molecular flexibility index (Phi) is 6.37. The number of carbonyl (C=O) groups excluding carboxylic acids is 1. The molecule has 2 aromatic rings. The lowest BCUT2D eigenvalue weighted by Crippen LogP contribution is -2.55. The van der Waals surface area contributed by atoms with Crippen LogP contribution in [0.25, 0.3) is 0 Å². The van der Waals surface area contributed by atoms with Crippen LogP contribution in [0.1, 0.15) is 12.5 Å². The second-order valence-electron chi connectivity index (χ2n) is 5.91. The van der Waals surface area contributed by atoms with Crippen LogP contribution in [0.4, 0.5) is 18.9 Å². The van der Waals surface area contributed by atoms with Crippen LogP contribution < -0.4 is 5.32 Å². The van der Waals surface area contributed by atoms with Gasteiger partial charge in [0.25, 0.3) is 5.92 Å². The van der Waals surface area contributed by atoms with Gasteiger partial charge in [-0.05, 0) is 37.3 Å². The highest BCUT2D eigenvalue weighted by atomic mass is 79.9. The van der Waals surface area contributed by atoms with Gasteiger partial charge in [0.2, 0.25) is 5.91 Å². The molecule has 3 nitrogen and oxygen atoms in total. The zero-order chi connectivity index (χ0) is 19.5. The van der Waals surface area contributed by atoms with Gasteiger partial charge >= 0.3 is 0 Å². The number of para-hydroxylation sites is 1. The molecule has 2 N–H and O–H groups in total. The Morgan fingerprint density at radius 2 is 1.88 bits per heavy atom. The first-order valence-electron chi connectivity index (χ1n) is 7.57. The molecule has 0 aliphatic heterocycles. The summed E-state index contributed by atoms with van der Waals surface area (Å²) in [7, 11) is 0. The molecule has 1 amide bonds. The summed E-state index contributed by atoms with van der Waals surface area (Å²) in [6.45, 7) is -0.645. The summed E-state index contributed by atoms with van der Waals surface area (Å²) < 4.78 is 44.0. The molecule has 0 spiro atoms. The van der Waals surface area contributed by atoms with Gasteiger partial charge in [-0.3, -0.25) is 4.79 Å². The van der Waals surface area contributed by atoms with Gasteiger partial charge < -0.3 is 10.4 Å². The van der Waals surface area contributed by atoms with Crippen LogP contribution in [0.15, 0.2) is 53.0 Å². The van der Waals surface area contributed by atoms with Crippen molar-refractivity contribution in [3.8, 4) is 0 Å². The minimum Gasteiger partial charge on any atom is -0.390 e. The molecule has 0 saturated heterocycles.